The number of thiophene rings is 1. The van der Waals surface area contributed by atoms with E-state index >= 15 is 0 Å². The second-order valence-electron chi connectivity index (χ2n) is 4.48. The first-order valence-corrected chi connectivity index (χ1v) is 7.64. The van der Waals surface area contributed by atoms with E-state index in [1.165, 1.54) is 6.07 Å². The summed E-state index contributed by atoms with van der Waals surface area (Å²) in [6, 6.07) is 5.43. The van der Waals surface area contributed by atoms with Crippen LogP contribution in [0, 0.1) is 0 Å². The molecule has 2 aromatic rings. The quantitative estimate of drug-likeness (QED) is 0.854. The second kappa shape index (κ2) is 6.52. The number of carbonyl (C=O) groups is 1. The molecule has 4 nitrogen and oxygen atoms in total. The summed E-state index contributed by atoms with van der Waals surface area (Å²) in [5.41, 5.74) is 0.275. The van der Waals surface area contributed by atoms with Gasteiger partial charge in [0.05, 0.1) is 12.1 Å². The summed E-state index contributed by atoms with van der Waals surface area (Å²) < 4.78 is 0. The lowest BCUT2D eigenvalue weighted by Crippen LogP contribution is -2.36. The molecule has 2 aromatic heterocycles. The Kier molecular flexibility index (Phi) is 4.96. The van der Waals surface area contributed by atoms with Crippen LogP contribution in [0.3, 0.4) is 0 Å². The molecule has 0 aromatic carbocycles. The summed E-state index contributed by atoms with van der Waals surface area (Å²) in [6.45, 7) is 4.44. The summed E-state index contributed by atoms with van der Waals surface area (Å²) in [5, 5.41) is 9.49. The summed E-state index contributed by atoms with van der Waals surface area (Å²) >= 11 is 13.3. The van der Waals surface area contributed by atoms with Crippen molar-refractivity contribution in [3.63, 3.8) is 0 Å². The monoisotopic (exact) mass is 329 g/mol. The molecule has 0 saturated heterocycles. The van der Waals surface area contributed by atoms with Crippen LogP contribution in [0.4, 0.5) is 0 Å². The van der Waals surface area contributed by atoms with Crippen LogP contribution in [0.25, 0.3) is 0 Å². The summed E-state index contributed by atoms with van der Waals surface area (Å²) in [4.78, 5) is 15.4. The maximum Gasteiger partial charge on any atom is 0.257 e. The van der Waals surface area contributed by atoms with Crippen LogP contribution in [-0.4, -0.2) is 27.0 Å². The van der Waals surface area contributed by atoms with Gasteiger partial charge in [0, 0.05) is 10.9 Å². The van der Waals surface area contributed by atoms with Crippen LogP contribution in [0.2, 0.25) is 10.3 Å². The Balaban J connectivity index is 2.29. The van der Waals surface area contributed by atoms with Crippen molar-refractivity contribution in [3.05, 3.63) is 44.3 Å². The van der Waals surface area contributed by atoms with Gasteiger partial charge in [0.1, 0.15) is 0 Å². The molecule has 0 unspecified atom stereocenters. The van der Waals surface area contributed by atoms with Gasteiger partial charge in [0.15, 0.2) is 10.3 Å². The van der Waals surface area contributed by atoms with Crippen LogP contribution in [0.5, 0.6) is 0 Å². The molecule has 2 heterocycles. The fourth-order valence-corrected chi connectivity index (χ4v) is 2.74. The van der Waals surface area contributed by atoms with Crippen LogP contribution < -0.4 is 0 Å². The van der Waals surface area contributed by atoms with Gasteiger partial charge in [-0.3, -0.25) is 4.79 Å². The first kappa shape index (κ1) is 15.2. The number of hydrogen-bond acceptors (Lipinski definition) is 4. The third-order valence-corrected chi connectivity index (χ3v) is 4.06. The van der Waals surface area contributed by atoms with Crippen molar-refractivity contribution >= 4 is 40.4 Å². The van der Waals surface area contributed by atoms with Crippen LogP contribution in [-0.2, 0) is 6.54 Å². The zero-order chi connectivity index (χ0) is 14.7. The van der Waals surface area contributed by atoms with E-state index < -0.39 is 0 Å². The standard InChI is InChI=1S/C13H13Cl2N3OS/c1-8(2)18(7-9-4-3-5-20-9)13(19)10-6-11(14)16-17-12(10)15/h3-6,8H,7H2,1-2H3. The van der Waals surface area contributed by atoms with Crippen LogP contribution in [0.15, 0.2) is 23.6 Å². The molecule has 0 atom stereocenters. The molecule has 0 saturated carbocycles. The van der Waals surface area contributed by atoms with Crippen molar-refractivity contribution < 1.29 is 4.79 Å². The minimum absolute atomic E-state index is 0.0348. The minimum Gasteiger partial charge on any atom is -0.331 e. The highest BCUT2D eigenvalue weighted by Gasteiger charge is 2.23. The molecule has 106 valence electrons. The number of amides is 1. The molecular weight excluding hydrogens is 317 g/mol. The van der Waals surface area contributed by atoms with Crippen molar-refractivity contribution in [2.24, 2.45) is 0 Å². The molecule has 7 heteroatoms. The normalized spacial score (nSPS) is 10.8. The smallest absolute Gasteiger partial charge is 0.257 e. The average Bonchev–Trinajstić information content (AvgIpc) is 2.90. The summed E-state index contributed by atoms with van der Waals surface area (Å²) in [6.07, 6.45) is 0. The fourth-order valence-electron chi connectivity index (χ4n) is 1.72. The van der Waals surface area contributed by atoms with Crippen molar-refractivity contribution in [2.75, 3.05) is 0 Å². The van der Waals surface area contributed by atoms with Crippen LogP contribution >= 0.6 is 34.5 Å². The lowest BCUT2D eigenvalue weighted by molar-refractivity contribution is 0.0692. The van der Waals surface area contributed by atoms with E-state index in [1.54, 1.807) is 16.2 Å². The molecular formula is C13H13Cl2N3OS. The lowest BCUT2D eigenvalue weighted by atomic mass is 10.2. The number of hydrogen-bond donors (Lipinski definition) is 0. The van der Waals surface area contributed by atoms with Gasteiger partial charge in [-0.25, -0.2) is 0 Å². The second-order valence-corrected chi connectivity index (χ2v) is 6.26. The Labute approximate surface area is 131 Å². The topological polar surface area (TPSA) is 46.1 Å². The van der Waals surface area contributed by atoms with E-state index in [4.69, 9.17) is 23.2 Å². The van der Waals surface area contributed by atoms with Gasteiger partial charge in [-0.1, -0.05) is 29.3 Å². The van der Waals surface area contributed by atoms with Gasteiger partial charge in [-0.05, 0) is 31.4 Å². The third-order valence-electron chi connectivity index (χ3n) is 2.74. The van der Waals surface area contributed by atoms with E-state index in [1.807, 2.05) is 31.4 Å². The molecule has 20 heavy (non-hydrogen) atoms. The van der Waals surface area contributed by atoms with E-state index in [2.05, 4.69) is 10.2 Å². The Morgan fingerprint density at radius 3 is 2.75 bits per heavy atom. The number of halogens is 2. The predicted molar refractivity (Wildman–Crippen MR) is 81.4 cm³/mol. The maximum atomic E-state index is 12.6. The largest absolute Gasteiger partial charge is 0.331 e. The molecule has 0 N–H and O–H groups in total. The summed E-state index contributed by atoms with van der Waals surface area (Å²) in [7, 11) is 0. The molecule has 0 aliphatic rings. The van der Waals surface area contributed by atoms with Crippen LogP contribution in [0.1, 0.15) is 29.1 Å². The Bertz CT molecular complexity index is 602. The molecule has 0 bridgehead atoms. The highest BCUT2D eigenvalue weighted by molar-refractivity contribution is 7.09. The first-order valence-electron chi connectivity index (χ1n) is 6.01. The Morgan fingerprint density at radius 1 is 1.40 bits per heavy atom. The average molecular weight is 330 g/mol. The van der Waals surface area contributed by atoms with E-state index in [-0.39, 0.29) is 27.8 Å². The third kappa shape index (κ3) is 3.48. The van der Waals surface area contributed by atoms with Crippen molar-refractivity contribution in [2.45, 2.75) is 26.4 Å². The molecule has 1 amide bonds. The molecule has 0 spiro atoms. The summed E-state index contributed by atoms with van der Waals surface area (Å²) in [5.74, 6) is -0.199. The fraction of sp³-hybridized carbons (Fsp3) is 0.308. The first-order chi connectivity index (χ1) is 9.49. The number of nitrogens with zero attached hydrogens (tertiary/aromatic N) is 3. The van der Waals surface area contributed by atoms with Crippen molar-refractivity contribution in [1.82, 2.24) is 15.1 Å². The van der Waals surface area contributed by atoms with Gasteiger partial charge in [0.25, 0.3) is 5.91 Å². The lowest BCUT2D eigenvalue weighted by Gasteiger charge is -2.26. The predicted octanol–water partition coefficient (Wildman–Crippen LogP) is 3.90. The number of aromatic nitrogens is 2. The van der Waals surface area contributed by atoms with E-state index in [0.717, 1.165) is 4.88 Å². The van der Waals surface area contributed by atoms with E-state index in [9.17, 15) is 4.79 Å². The van der Waals surface area contributed by atoms with E-state index in [0.29, 0.717) is 6.54 Å². The van der Waals surface area contributed by atoms with Gasteiger partial charge < -0.3 is 4.90 Å². The number of rotatable bonds is 4. The van der Waals surface area contributed by atoms with Gasteiger partial charge >= 0.3 is 0 Å². The highest BCUT2D eigenvalue weighted by atomic mass is 35.5. The minimum atomic E-state index is -0.199. The Hall–Kier alpha value is -1.17. The zero-order valence-electron chi connectivity index (χ0n) is 11.0. The number of carbonyl (C=O) groups excluding carboxylic acids is 1. The molecule has 0 fully saturated rings. The van der Waals surface area contributed by atoms with Crippen molar-refractivity contribution in [3.8, 4) is 0 Å². The molecule has 0 aliphatic heterocycles. The SMILES string of the molecule is CC(C)N(Cc1cccs1)C(=O)c1cc(Cl)nnc1Cl. The molecule has 0 aliphatic carbocycles. The highest BCUT2D eigenvalue weighted by Crippen LogP contribution is 2.21. The van der Waals surface area contributed by atoms with Gasteiger partial charge in [-0.2, -0.15) is 0 Å². The molecule has 0 radical (unpaired) electrons. The zero-order valence-corrected chi connectivity index (χ0v) is 13.3. The van der Waals surface area contributed by atoms with Gasteiger partial charge in [-0.15, -0.1) is 21.5 Å². The Morgan fingerprint density at radius 2 is 2.15 bits per heavy atom. The molecule has 2 rings (SSSR count). The maximum absolute atomic E-state index is 12.6. The van der Waals surface area contributed by atoms with Gasteiger partial charge in [0.2, 0.25) is 0 Å². The van der Waals surface area contributed by atoms with Crippen molar-refractivity contribution in [1.29, 1.82) is 0 Å².